The highest BCUT2D eigenvalue weighted by atomic mass is 16.5. The Labute approximate surface area is 107 Å². The number of aliphatic hydroxyl groups excluding tert-OH is 1. The molecule has 0 fully saturated rings. The van der Waals surface area contributed by atoms with Crippen molar-refractivity contribution in [3.63, 3.8) is 0 Å². The van der Waals surface area contributed by atoms with Crippen LogP contribution in [-0.4, -0.2) is 14.9 Å². The first-order chi connectivity index (χ1) is 8.69. The number of benzene rings is 1. The lowest BCUT2D eigenvalue weighted by Crippen LogP contribution is -1.99. The third-order valence-corrected chi connectivity index (χ3v) is 2.81. The van der Waals surface area contributed by atoms with Gasteiger partial charge in [0.1, 0.15) is 12.4 Å². The number of rotatable bonds is 5. The quantitative estimate of drug-likeness (QED) is 0.881. The summed E-state index contributed by atoms with van der Waals surface area (Å²) >= 11 is 0. The lowest BCUT2D eigenvalue weighted by Gasteiger charge is -2.09. The minimum absolute atomic E-state index is 0.394. The second kappa shape index (κ2) is 5.69. The molecule has 0 amide bonds. The fraction of sp³-hybridized carbons (Fsp3) is 0.357. The Morgan fingerprint density at radius 1 is 1.28 bits per heavy atom. The zero-order chi connectivity index (χ0) is 13.0. The average molecular weight is 246 g/mol. The smallest absolute Gasteiger partial charge is 0.132 e. The van der Waals surface area contributed by atoms with Crippen LogP contribution in [0.15, 0.2) is 36.5 Å². The van der Waals surface area contributed by atoms with E-state index in [2.05, 4.69) is 5.10 Å². The number of aryl methyl sites for hydroxylation is 1. The van der Waals surface area contributed by atoms with Crippen LogP contribution in [0.25, 0.3) is 0 Å². The summed E-state index contributed by atoms with van der Waals surface area (Å²) < 4.78 is 7.37. The molecular weight excluding hydrogens is 228 g/mol. The van der Waals surface area contributed by atoms with Crippen molar-refractivity contribution in [2.24, 2.45) is 7.05 Å². The normalized spacial score (nSPS) is 12.4. The highest BCUT2D eigenvalue weighted by Crippen LogP contribution is 2.20. The SMILES string of the molecule is CC[C@H](O)c1ccc(OCc2ccn(C)n2)cc1. The molecule has 0 aliphatic carbocycles. The summed E-state index contributed by atoms with van der Waals surface area (Å²) in [5, 5.41) is 13.9. The minimum atomic E-state index is -0.394. The molecule has 1 atom stereocenters. The number of nitrogens with zero attached hydrogens (tertiary/aromatic N) is 2. The van der Waals surface area contributed by atoms with Crippen LogP contribution >= 0.6 is 0 Å². The van der Waals surface area contributed by atoms with Crippen LogP contribution in [-0.2, 0) is 13.7 Å². The number of hydrogen-bond acceptors (Lipinski definition) is 3. The molecule has 0 spiro atoms. The lowest BCUT2D eigenvalue weighted by molar-refractivity contribution is 0.173. The van der Waals surface area contributed by atoms with Gasteiger partial charge in [0.15, 0.2) is 0 Å². The van der Waals surface area contributed by atoms with Gasteiger partial charge in [-0.3, -0.25) is 4.68 Å². The van der Waals surface area contributed by atoms with Crippen molar-refractivity contribution >= 4 is 0 Å². The van der Waals surface area contributed by atoms with Crippen molar-refractivity contribution in [2.75, 3.05) is 0 Å². The van der Waals surface area contributed by atoms with Crippen LogP contribution in [0.2, 0.25) is 0 Å². The molecule has 4 heteroatoms. The van der Waals surface area contributed by atoms with Crippen molar-refractivity contribution in [3.05, 3.63) is 47.8 Å². The van der Waals surface area contributed by atoms with Gasteiger partial charge in [0.25, 0.3) is 0 Å². The van der Waals surface area contributed by atoms with Gasteiger partial charge in [-0.1, -0.05) is 19.1 Å². The zero-order valence-electron chi connectivity index (χ0n) is 10.7. The third kappa shape index (κ3) is 3.11. The van der Waals surface area contributed by atoms with Gasteiger partial charge in [-0.15, -0.1) is 0 Å². The standard InChI is InChI=1S/C14H18N2O2/c1-3-14(17)11-4-6-13(7-5-11)18-10-12-8-9-16(2)15-12/h4-9,14,17H,3,10H2,1-2H3/t14-/m0/s1. The molecule has 2 rings (SSSR count). The summed E-state index contributed by atoms with van der Waals surface area (Å²) in [5.41, 5.74) is 1.82. The molecule has 18 heavy (non-hydrogen) atoms. The molecule has 0 radical (unpaired) electrons. The Bertz CT molecular complexity index is 491. The maximum Gasteiger partial charge on any atom is 0.132 e. The Morgan fingerprint density at radius 2 is 2.00 bits per heavy atom. The fourth-order valence-electron chi connectivity index (χ4n) is 1.72. The monoisotopic (exact) mass is 246 g/mol. The second-order valence-electron chi connectivity index (χ2n) is 4.26. The van der Waals surface area contributed by atoms with Crippen molar-refractivity contribution in [2.45, 2.75) is 26.1 Å². The van der Waals surface area contributed by atoms with Gasteiger partial charge in [-0.2, -0.15) is 5.10 Å². The molecule has 0 saturated heterocycles. The van der Waals surface area contributed by atoms with Gasteiger partial charge in [-0.25, -0.2) is 0 Å². The Hall–Kier alpha value is -1.81. The molecule has 0 saturated carbocycles. The van der Waals surface area contributed by atoms with Crippen LogP contribution in [0.5, 0.6) is 5.75 Å². The van der Waals surface area contributed by atoms with E-state index in [9.17, 15) is 5.11 Å². The largest absolute Gasteiger partial charge is 0.487 e. The van der Waals surface area contributed by atoms with Gasteiger partial charge < -0.3 is 9.84 Å². The average Bonchev–Trinajstić information content (AvgIpc) is 2.82. The van der Waals surface area contributed by atoms with Crippen LogP contribution < -0.4 is 4.74 Å². The van der Waals surface area contributed by atoms with Crippen molar-refractivity contribution in [1.29, 1.82) is 0 Å². The summed E-state index contributed by atoms with van der Waals surface area (Å²) in [4.78, 5) is 0. The third-order valence-electron chi connectivity index (χ3n) is 2.81. The molecule has 1 heterocycles. The molecule has 0 unspecified atom stereocenters. The van der Waals surface area contributed by atoms with E-state index in [1.165, 1.54) is 0 Å². The predicted molar refractivity (Wildman–Crippen MR) is 69.2 cm³/mol. The molecule has 0 aliphatic heterocycles. The maximum atomic E-state index is 9.68. The van der Waals surface area contributed by atoms with E-state index >= 15 is 0 Å². The number of aliphatic hydroxyl groups is 1. The number of hydrogen-bond donors (Lipinski definition) is 1. The van der Waals surface area contributed by atoms with Gasteiger partial charge >= 0.3 is 0 Å². The van der Waals surface area contributed by atoms with Crippen LogP contribution in [0, 0.1) is 0 Å². The summed E-state index contributed by atoms with van der Waals surface area (Å²) in [6.07, 6.45) is 2.21. The van der Waals surface area contributed by atoms with E-state index in [4.69, 9.17) is 4.74 Å². The van der Waals surface area contributed by atoms with E-state index in [0.29, 0.717) is 13.0 Å². The van der Waals surface area contributed by atoms with Gasteiger partial charge in [0.05, 0.1) is 11.8 Å². The summed E-state index contributed by atoms with van der Waals surface area (Å²) in [6.45, 7) is 2.41. The van der Waals surface area contributed by atoms with E-state index in [1.807, 2.05) is 50.5 Å². The Balaban J connectivity index is 1.94. The molecule has 96 valence electrons. The van der Waals surface area contributed by atoms with Crippen molar-refractivity contribution in [1.82, 2.24) is 9.78 Å². The van der Waals surface area contributed by atoms with Gasteiger partial charge in [0, 0.05) is 13.2 Å². The molecule has 0 aliphatic rings. The fourth-order valence-corrected chi connectivity index (χ4v) is 1.72. The van der Waals surface area contributed by atoms with Crippen molar-refractivity contribution in [3.8, 4) is 5.75 Å². The molecular formula is C14H18N2O2. The van der Waals surface area contributed by atoms with Crippen LogP contribution in [0.4, 0.5) is 0 Å². The number of aromatic nitrogens is 2. The molecule has 4 nitrogen and oxygen atoms in total. The van der Waals surface area contributed by atoms with Crippen molar-refractivity contribution < 1.29 is 9.84 Å². The first kappa shape index (κ1) is 12.6. The summed E-state index contributed by atoms with van der Waals surface area (Å²) in [7, 11) is 1.88. The van der Waals surface area contributed by atoms with Gasteiger partial charge in [0.2, 0.25) is 0 Å². The Morgan fingerprint density at radius 3 is 2.56 bits per heavy atom. The van der Waals surface area contributed by atoms with Gasteiger partial charge in [-0.05, 0) is 30.2 Å². The predicted octanol–water partition coefficient (Wildman–Crippen LogP) is 2.44. The van der Waals surface area contributed by atoms with E-state index in [0.717, 1.165) is 17.0 Å². The van der Waals surface area contributed by atoms with Crippen LogP contribution in [0.3, 0.4) is 0 Å². The van der Waals surface area contributed by atoms with Crippen LogP contribution in [0.1, 0.15) is 30.7 Å². The molecule has 0 bridgehead atoms. The number of ether oxygens (including phenoxy) is 1. The Kier molecular flexibility index (Phi) is 3.99. The highest BCUT2D eigenvalue weighted by molar-refractivity contribution is 5.28. The molecule has 1 aromatic heterocycles. The topological polar surface area (TPSA) is 47.3 Å². The van der Waals surface area contributed by atoms with E-state index in [-0.39, 0.29) is 0 Å². The second-order valence-corrected chi connectivity index (χ2v) is 4.26. The maximum absolute atomic E-state index is 9.68. The molecule has 2 aromatic rings. The lowest BCUT2D eigenvalue weighted by atomic mass is 10.1. The summed E-state index contributed by atoms with van der Waals surface area (Å²) in [6, 6.07) is 9.45. The molecule has 1 N–H and O–H groups in total. The summed E-state index contributed by atoms with van der Waals surface area (Å²) in [5.74, 6) is 0.785. The first-order valence-electron chi connectivity index (χ1n) is 6.08. The zero-order valence-corrected chi connectivity index (χ0v) is 10.7. The van der Waals surface area contributed by atoms with E-state index < -0.39 is 6.10 Å². The highest BCUT2D eigenvalue weighted by Gasteiger charge is 2.04. The van der Waals surface area contributed by atoms with E-state index in [1.54, 1.807) is 4.68 Å². The minimum Gasteiger partial charge on any atom is -0.487 e. The first-order valence-corrected chi connectivity index (χ1v) is 6.08. The molecule has 1 aromatic carbocycles.